The van der Waals surface area contributed by atoms with Crippen LogP contribution in [-0.4, -0.2) is 47.8 Å². The molecule has 1 aliphatic rings. The number of hydrogen-bond acceptors (Lipinski definition) is 6. The largest absolute Gasteiger partial charge is 0.493 e. The number of carbonyl (C=O) groups is 1. The Labute approximate surface area is 176 Å². The molecule has 0 saturated carbocycles. The topological polar surface area (TPSA) is 103 Å². The molecule has 162 valence electrons. The van der Waals surface area contributed by atoms with Crippen LogP contribution in [0.25, 0.3) is 0 Å². The molecule has 1 aliphatic heterocycles. The molecule has 1 atom stereocenters. The highest BCUT2D eigenvalue weighted by Crippen LogP contribution is 2.30. The summed E-state index contributed by atoms with van der Waals surface area (Å²) in [4.78, 5) is 12.6. The van der Waals surface area contributed by atoms with Gasteiger partial charge in [0.2, 0.25) is 10.0 Å². The first-order chi connectivity index (χ1) is 14.4. The summed E-state index contributed by atoms with van der Waals surface area (Å²) in [7, 11) is -0.667. The molecular weight excluding hydrogens is 408 g/mol. The van der Waals surface area contributed by atoms with Gasteiger partial charge in [-0.25, -0.2) is 13.1 Å². The van der Waals surface area contributed by atoms with Gasteiger partial charge >= 0.3 is 0 Å². The second-order valence-electron chi connectivity index (χ2n) is 6.85. The van der Waals surface area contributed by atoms with E-state index in [2.05, 4.69) is 10.0 Å². The molecule has 0 aromatic heterocycles. The molecule has 3 rings (SSSR count). The van der Waals surface area contributed by atoms with Crippen LogP contribution in [0.4, 0.5) is 0 Å². The van der Waals surface area contributed by atoms with Gasteiger partial charge in [0.1, 0.15) is 0 Å². The van der Waals surface area contributed by atoms with E-state index in [9.17, 15) is 13.2 Å². The van der Waals surface area contributed by atoms with Crippen molar-refractivity contribution >= 4 is 15.9 Å². The Bertz CT molecular complexity index is 987. The number of methoxy groups -OCH3 is 2. The van der Waals surface area contributed by atoms with E-state index in [1.165, 1.54) is 19.2 Å². The number of benzene rings is 2. The van der Waals surface area contributed by atoms with E-state index in [1.54, 1.807) is 31.4 Å². The molecule has 0 spiro atoms. The molecule has 1 heterocycles. The number of carbonyl (C=O) groups excluding carboxylic acids is 1. The van der Waals surface area contributed by atoms with Crippen molar-refractivity contribution in [1.29, 1.82) is 0 Å². The highest BCUT2D eigenvalue weighted by Gasteiger charge is 2.21. The lowest BCUT2D eigenvalue weighted by Gasteiger charge is -2.14. The summed E-state index contributed by atoms with van der Waals surface area (Å²) < 4.78 is 43.8. The predicted octanol–water partition coefficient (Wildman–Crippen LogP) is 2.09. The summed E-state index contributed by atoms with van der Waals surface area (Å²) >= 11 is 0. The van der Waals surface area contributed by atoms with Crippen molar-refractivity contribution in [2.75, 3.05) is 27.4 Å². The van der Waals surface area contributed by atoms with Gasteiger partial charge in [-0.2, -0.15) is 0 Å². The molecule has 1 unspecified atom stereocenters. The van der Waals surface area contributed by atoms with Crippen LogP contribution in [0.15, 0.2) is 47.4 Å². The van der Waals surface area contributed by atoms with Crippen LogP contribution in [0.5, 0.6) is 11.5 Å². The highest BCUT2D eigenvalue weighted by molar-refractivity contribution is 7.89. The lowest BCUT2D eigenvalue weighted by Crippen LogP contribution is -2.32. The number of nitrogens with one attached hydrogen (secondary N) is 2. The van der Waals surface area contributed by atoms with Crippen LogP contribution >= 0.6 is 0 Å². The first-order valence-corrected chi connectivity index (χ1v) is 11.1. The Morgan fingerprint density at radius 1 is 1.17 bits per heavy atom. The quantitative estimate of drug-likeness (QED) is 0.627. The molecule has 0 bridgehead atoms. The third kappa shape index (κ3) is 5.29. The molecule has 1 amide bonds. The molecular formula is C21H26N2O6S. The van der Waals surface area contributed by atoms with E-state index in [0.29, 0.717) is 18.1 Å². The summed E-state index contributed by atoms with van der Waals surface area (Å²) in [6.45, 7) is 1.07. The zero-order chi connectivity index (χ0) is 21.6. The van der Waals surface area contributed by atoms with Gasteiger partial charge in [0, 0.05) is 30.8 Å². The van der Waals surface area contributed by atoms with Crippen molar-refractivity contribution in [2.45, 2.75) is 30.4 Å². The molecule has 9 heteroatoms. The number of hydrogen-bond donors (Lipinski definition) is 2. The monoisotopic (exact) mass is 434 g/mol. The molecule has 2 N–H and O–H groups in total. The van der Waals surface area contributed by atoms with E-state index in [-0.39, 0.29) is 29.7 Å². The van der Waals surface area contributed by atoms with Crippen LogP contribution in [0.2, 0.25) is 0 Å². The van der Waals surface area contributed by atoms with E-state index in [4.69, 9.17) is 14.2 Å². The fourth-order valence-electron chi connectivity index (χ4n) is 3.27. The van der Waals surface area contributed by atoms with Gasteiger partial charge in [-0.15, -0.1) is 0 Å². The molecule has 30 heavy (non-hydrogen) atoms. The maximum absolute atomic E-state index is 12.6. The zero-order valence-corrected chi connectivity index (χ0v) is 17.8. The summed E-state index contributed by atoms with van der Waals surface area (Å²) in [5, 5.41) is 2.79. The van der Waals surface area contributed by atoms with Crippen LogP contribution < -0.4 is 19.5 Å². The minimum atomic E-state index is -3.74. The fourth-order valence-corrected chi connectivity index (χ4v) is 4.38. The van der Waals surface area contributed by atoms with Crippen molar-refractivity contribution in [3.8, 4) is 11.5 Å². The van der Waals surface area contributed by atoms with Crippen molar-refractivity contribution in [3.05, 3.63) is 53.6 Å². The van der Waals surface area contributed by atoms with E-state index < -0.39 is 15.9 Å². The molecule has 0 aliphatic carbocycles. The van der Waals surface area contributed by atoms with Crippen molar-refractivity contribution in [3.63, 3.8) is 0 Å². The third-order valence-corrected chi connectivity index (χ3v) is 6.28. The van der Waals surface area contributed by atoms with Gasteiger partial charge in [-0.05, 0) is 37.1 Å². The molecule has 2 aromatic rings. The maximum Gasteiger partial charge on any atom is 0.251 e. The van der Waals surface area contributed by atoms with E-state index in [0.717, 1.165) is 18.4 Å². The number of rotatable bonds is 9. The summed E-state index contributed by atoms with van der Waals surface area (Å²) in [5.74, 6) is 0.709. The average Bonchev–Trinajstić information content (AvgIpc) is 3.29. The van der Waals surface area contributed by atoms with E-state index >= 15 is 0 Å². The molecule has 2 aromatic carbocycles. The predicted molar refractivity (Wildman–Crippen MR) is 111 cm³/mol. The van der Waals surface area contributed by atoms with Gasteiger partial charge in [0.25, 0.3) is 5.91 Å². The molecule has 1 saturated heterocycles. The second kappa shape index (κ2) is 9.92. The van der Waals surface area contributed by atoms with Gasteiger partial charge in [-0.1, -0.05) is 18.2 Å². The third-order valence-electron chi connectivity index (χ3n) is 4.86. The maximum atomic E-state index is 12.6. The highest BCUT2D eigenvalue weighted by atomic mass is 32.2. The van der Waals surface area contributed by atoms with Gasteiger partial charge in [0.15, 0.2) is 11.5 Å². The SMILES string of the molecule is COc1cccc(CNC(=O)c2cccc(S(=O)(=O)NCC3CCCO3)c2)c1OC. The van der Waals surface area contributed by atoms with Gasteiger partial charge in [0.05, 0.1) is 25.2 Å². The molecule has 0 radical (unpaired) electrons. The number of amides is 1. The van der Waals surface area contributed by atoms with Crippen molar-refractivity contribution < 1.29 is 27.4 Å². The standard InChI is InChI=1S/C21H26N2O6S/c1-27-19-10-4-7-16(20(19)28-2)13-22-21(24)15-6-3-9-18(12-15)30(25,26)23-14-17-8-5-11-29-17/h3-4,6-7,9-10,12,17,23H,5,8,11,13-14H2,1-2H3,(H,22,24). The van der Waals surface area contributed by atoms with Gasteiger partial charge < -0.3 is 19.5 Å². The van der Waals surface area contributed by atoms with Gasteiger partial charge in [-0.3, -0.25) is 4.79 Å². The van der Waals surface area contributed by atoms with Crippen molar-refractivity contribution in [1.82, 2.24) is 10.0 Å². The Balaban J connectivity index is 1.67. The summed E-state index contributed by atoms with van der Waals surface area (Å²) in [6, 6.07) is 11.3. The first-order valence-electron chi connectivity index (χ1n) is 9.64. The first kappa shape index (κ1) is 22.1. The fraction of sp³-hybridized carbons (Fsp3) is 0.381. The van der Waals surface area contributed by atoms with Crippen LogP contribution in [0.1, 0.15) is 28.8 Å². The lowest BCUT2D eigenvalue weighted by molar-refractivity contribution is 0.0950. The minimum Gasteiger partial charge on any atom is -0.493 e. The normalized spacial score (nSPS) is 16.3. The number of ether oxygens (including phenoxy) is 3. The van der Waals surface area contributed by atoms with Crippen molar-refractivity contribution in [2.24, 2.45) is 0 Å². The van der Waals surface area contributed by atoms with Crippen LogP contribution in [0, 0.1) is 0 Å². The molecule has 1 fully saturated rings. The Hall–Kier alpha value is -2.62. The summed E-state index contributed by atoms with van der Waals surface area (Å²) in [6.07, 6.45) is 1.66. The Kier molecular flexibility index (Phi) is 7.30. The van der Waals surface area contributed by atoms with Crippen LogP contribution in [-0.2, 0) is 21.3 Å². The Morgan fingerprint density at radius 2 is 1.97 bits per heavy atom. The zero-order valence-electron chi connectivity index (χ0n) is 17.0. The Morgan fingerprint density at radius 3 is 2.67 bits per heavy atom. The number of sulfonamides is 1. The van der Waals surface area contributed by atoms with E-state index in [1.807, 2.05) is 6.07 Å². The lowest BCUT2D eigenvalue weighted by atomic mass is 10.1. The summed E-state index contributed by atoms with van der Waals surface area (Å²) in [5.41, 5.74) is 0.990. The minimum absolute atomic E-state index is 0.0344. The smallest absolute Gasteiger partial charge is 0.251 e. The molecule has 8 nitrogen and oxygen atoms in total. The number of para-hydroxylation sites is 1. The average molecular weight is 435 g/mol. The second-order valence-corrected chi connectivity index (χ2v) is 8.62. The van der Waals surface area contributed by atoms with Crippen LogP contribution in [0.3, 0.4) is 0 Å².